The number of carbonyl (C=O) groups is 2. The molecular weight excluding hydrogens is 262 g/mol. The minimum atomic E-state index is -0.688. The van der Waals surface area contributed by atoms with E-state index in [4.69, 9.17) is 9.47 Å². The van der Waals surface area contributed by atoms with Crippen LogP contribution in [0.2, 0.25) is 0 Å². The minimum absolute atomic E-state index is 0.137. The molecule has 0 bridgehead atoms. The average Bonchev–Trinajstić information content (AvgIpc) is 2.69. The topological polar surface area (TPSA) is 82.5 Å². The van der Waals surface area contributed by atoms with Gasteiger partial charge in [0, 0.05) is 6.20 Å². The molecule has 0 atom stereocenters. The normalized spacial score (nSPS) is 10.8. The van der Waals surface area contributed by atoms with Crippen LogP contribution >= 0.6 is 0 Å². The highest BCUT2D eigenvalue weighted by atomic mass is 16.6. The van der Waals surface area contributed by atoms with Crippen molar-refractivity contribution in [3.63, 3.8) is 0 Å². The lowest BCUT2D eigenvalue weighted by atomic mass is 10.2. The number of ether oxygens (including phenoxy) is 2. The summed E-state index contributed by atoms with van der Waals surface area (Å²) in [6.45, 7) is 10.7. The Morgan fingerprint density at radius 3 is 2.65 bits per heavy atom. The maximum atomic E-state index is 11.8. The van der Waals surface area contributed by atoms with E-state index in [1.807, 2.05) is 0 Å². The van der Waals surface area contributed by atoms with Crippen LogP contribution in [0.1, 0.15) is 38.1 Å². The van der Waals surface area contributed by atoms with Crippen LogP contribution in [0.15, 0.2) is 12.8 Å². The molecule has 0 saturated carbocycles. The molecule has 0 radical (unpaired) electrons. The standard InChI is InChI=1S/C13H19N3O4/c1-6-16-10(15-12(18)20-13(3,4)5)9(8-14-16)11(17)19-7-2/h6,8H,1,7H2,2-5H3,(H,15,18). The highest BCUT2D eigenvalue weighted by molar-refractivity contribution is 5.98. The number of aromatic nitrogens is 2. The third kappa shape index (κ3) is 4.11. The number of hydrogen-bond acceptors (Lipinski definition) is 5. The second kappa shape index (κ2) is 6.23. The van der Waals surface area contributed by atoms with E-state index in [9.17, 15) is 9.59 Å². The number of esters is 1. The number of hydrogen-bond donors (Lipinski definition) is 1. The van der Waals surface area contributed by atoms with Gasteiger partial charge in [0.05, 0.1) is 12.8 Å². The zero-order chi connectivity index (χ0) is 15.3. The molecule has 7 heteroatoms. The Morgan fingerprint density at radius 1 is 1.50 bits per heavy atom. The monoisotopic (exact) mass is 281 g/mol. The number of anilines is 1. The van der Waals surface area contributed by atoms with E-state index in [1.54, 1.807) is 27.7 Å². The molecule has 1 aromatic rings. The fourth-order valence-electron chi connectivity index (χ4n) is 1.38. The first-order valence-corrected chi connectivity index (χ1v) is 6.15. The van der Waals surface area contributed by atoms with Crippen LogP contribution in [0.5, 0.6) is 0 Å². The van der Waals surface area contributed by atoms with Gasteiger partial charge in [-0.05, 0) is 27.7 Å². The Bertz CT molecular complexity index is 514. The zero-order valence-electron chi connectivity index (χ0n) is 12.1. The van der Waals surface area contributed by atoms with Gasteiger partial charge in [-0.25, -0.2) is 14.3 Å². The van der Waals surface area contributed by atoms with Crippen LogP contribution in [0.4, 0.5) is 10.6 Å². The molecule has 1 rings (SSSR count). The molecule has 110 valence electrons. The molecule has 1 aromatic heterocycles. The highest BCUT2D eigenvalue weighted by Gasteiger charge is 2.22. The highest BCUT2D eigenvalue weighted by Crippen LogP contribution is 2.18. The molecule has 0 spiro atoms. The fraction of sp³-hybridized carbons (Fsp3) is 0.462. The Morgan fingerprint density at radius 2 is 2.15 bits per heavy atom. The molecule has 1 heterocycles. The van der Waals surface area contributed by atoms with E-state index < -0.39 is 17.7 Å². The van der Waals surface area contributed by atoms with Crippen molar-refractivity contribution in [2.24, 2.45) is 0 Å². The predicted molar refractivity (Wildman–Crippen MR) is 74.4 cm³/mol. The summed E-state index contributed by atoms with van der Waals surface area (Å²) in [7, 11) is 0. The largest absolute Gasteiger partial charge is 0.462 e. The van der Waals surface area contributed by atoms with E-state index in [-0.39, 0.29) is 18.0 Å². The maximum absolute atomic E-state index is 11.8. The van der Waals surface area contributed by atoms with E-state index in [2.05, 4.69) is 17.0 Å². The lowest BCUT2D eigenvalue weighted by Crippen LogP contribution is -2.28. The molecule has 0 aliphatic rings. The van der Waals surface area contributed by atoms with E-state index in [0.29, 0.717) is 0 Å². The van der Waals surface area contributed by atoms with Gasteiger partial charge in [-0.15, -0.1) is 0 Å². The van der Waals surface area contributed by atoms with Crippen LogP contribution in [0.25, 0.3) is 6.20 Å². The van der Waals surface area contributed by atoms with Crippen molar-refractivity contribution in [2.45, 2.75) is 33.3 Å². The SMILES string of the molecule is C=Cn1ncc(C(=O)OCC)c1NC(=O)OC(C)(C)C. The van der Waals surface area contributed by atoms with Crippen LogP contribution in [-0.4, -0.2) is 34.1 Å². The molecule has 0 aliphatic carbocycles. The Kier molecular flexibility index (Phi) is 4.90. The predicted octanol–water partition coefficient (Wildman–Crippen LogP) is 2.51. The van der Waals surface area contributed by atoms with Crippen molar-refractivity contribution in [1.29, 1.82) is 0 Å². The summed E-state index contributed by atoms with van der Waals surface area (Å²) in [6.07, 6.45) is 1.97. The van der Waals surface area contributed by atoms with E-state index >= 15 is 0 Å². The summed E-state index contributed by atoms with van der Waals surface area (Å²) in [5.74, 6) is -0.417. The summed E-state index contributed by atoms with van der Waals surface area (Å²) >= 11 is 0. The third-order valence-corrected chi connectivity index (χ3v) is 2.08. The van der Waals surface area contributed by atoms with Gasteiger partial charge in [0.1, 0.15) is 11.2 Å². The molecule has 0 saturated heterocycles. The van der Waals surface area contributed by atoms with Gasteiger partial charge in [0.25, 0.3) is 0 Å². The maximum Gasteiger partial charge on any atom is 0.413 e. The summed E-state index contributed by atoms with van der Waals surface area (Å²) in [4.78, 5) is 23.5. The van der Waals surface area contributed by atoms with Crippen molar-refractivity contribution >= 4 is 24.1 Å². The Hall–Kier alpha value is -2.31. The van der Waals surface area contributed by atoms with E-state index in [1.165, 1.54) is 17.1 Å². The van der Waals surface area contributed by atoms with E-state index in [0.717, 1.165) is 0 Å². The van der Waals surface area contributed by atoms with Crippen molar-refractivity contribution in [3.05, 3.63) is 18.3 Å². The number of rotatable bonds is 4. The average molecular weight is 281 g/mol. The summed E-state index contributed by atoms with van der Waals surface area (Å²) in [5.41, 5.74) is -0.509. The summed E-state index contributed by atoms with van der Waals surface area (Å²) < 4.78 is 11.3. The third-order valence-electron chi connectivity index (χ3n) is 2.08. The molecule has 1 N–H and O–H groups in total. The van der Waals surface area contributed by atoms with Gasteiger partial charge < -0.3 is 9.47 Å². The number of nitrogens with one attached hydrogen (secondary N) is 1. The molecule has 7 nitrogen and oxygen atoms in total. The smallest absolute Gasteiger partial charge is 0.413 e. The molecule has 0 unspecified atom stereocenters. The molecule has 0 aromatic carbocycles. The fourth-order valence-corrected chi connectivity index (χ4v) is 1.38. The zero-order valence-corrected chi connectivity index (χ0v) is 12.1. The van der Waals surface area contributed by atoms with Gasteiger partial charge in [-0.3, -0.25) is 5.32 Å². The molecule has 20 heavy (non-hydrogen) atoms. The Balaban J connectivity index is 2.97. The number of amides is 1. The second-order valence-corrected chi connectivity index (χ2v) is 4.88. The molecule has 1 amide bonds. The van der Waals surface area contributed by atoms with Crippen LogP contribution in [0.3, 0.4) is 0 Å². The van der Waals surface area contributed by atoms with Crippen molar-refractivity contribution in [2.75, 3.05) is 11.9 Å². The van der Waals surface area contributed by atoms with Crippen LogP contribution in [-0.2, 0) is 9.47 Å². The van der Waals surface area contributed by atoms with Crippen molar-refractivity contribution in [3.8, 4) is 0 Å². The second-order valence-electron chi connectivity index (χ2n) is 4.88. The first-order chi connectivity index (χ1) is 9.28. The summed E-state index contributed by atoms with van der Waals surface area (Å²) in [5, 5.41) is 6.39. The van der Waals surface area contributed by atoms with Gasteiger partial charge in [-0.1, -0.05) is 6.58 Å². The molecule has 0 fully saturated rings. The summed E-state index contributed by atoms with van der Waals surface area (Å²) in [6, 6.07) is 0. The molecule has 0 aliphatic heterocycles. The van der Waals surface area contributed by atoms with Gasteiger partial charge in [0.15, 0.2) is 5.82 Å². The quantitative estimate of drug-likeness (QED) is 0.857. The Labute approximate surface area is 117 Å². The van der Waals surface area contributed by atoms with Gasteiger partial charge in [-0.2, -0.15) is 5.10 Å². The first kappa shape index (κ1) is 15.7. The minimum Gasteiger partial charge on any atom is -0.462 e. The number of carbonyl (C=O) groups excluding carboxylic acids is 2. The van der Waals surface area contributed by atoms with Crippen molar-refractivity contribution in [1.82, 2.24) is 9.78 Å². The molecular formula is C13H19N3O4. The first-order valence-electron chi connectivity index (χ1n) is 6.15. The number of nitrogens with zero attached hydrogens (tertiary/aromatic N) is 2. The van der Waals surface area contributed by atoms with Crippen molar-refractivity contribution < 1.29 is 19.1 Å². The lowest BCUT2D eigenvalue weighted by Gasteiger charge is -2.19. The van der Waals surface area contributed by atoms with Gasteiger partial charge >= 0.3 is 12.1 Å². The van der Waals surface area contributed by atoms with Gasteiger partial charge in [0.2, 0.25) is 0 Å². The van der Waals surface area contributed by atoms with Crippen LogP contribution < -0.4 is 5.32 Å². The van der Waals surface area contributed by atoms with Crippen LogP contribution in [0, 0.1) is 0 Å². The lowest BCUT2D eigenvalue weighted by molar-refractivity contribution is 0.0527.